The van der Waals surface area contributed by atoms with Gasteiger partial charge in [0.2, 0.25) is 0 Å². The van der Waals surface area contributed by atoms with E-state index < -0.39 is 10.9 Å². The maximum Gasteiger partial charge on any atom is 0.343 e. The molecule has 3 rings (SSSR count). The molecule has 0 unspecified atom stereocenters. The minimum Gasteiger partial charge on any atom is -0.423 e. The van der Waals surface area contributed by atoms with E-state index in [2.05, 4.69) is 0 Å². The lowest BCUT2D eigenvalue weighted by Gasteiger charge is -2.05. The van der Waals surface area contributed by atoms with E-state index in [1.54, 1.807) is 42.5 Å². The van der Waals surface area contributed by atoms with Gasteiger partial charge in [0.05, 0.1) is 10.5 Å². The smallest absolute Gasteiger partial charge is 0.343 e. The number of nitro groups is 1. The fourth-order valence-electron chi connectivity index (χ4n) is 2.58. The van der Waals surface area contributed by atoms with Gasteiger partial charge in [-0.05, 0) is 36.8 Å². The summed E-state index contributed by atoms with van der Waals surface area (Å²) in [6.07, 6.45) is 3.08. The van der Waals surface area contributed by atoms with Crippen molar-refractivity contribution >= 4 is 23.5 Å². The molecule has 144 valence electrons. The number of ether oxygens (including phenoxy) is 1. The van der Waals surface area contributed by atoms with Crippen molar-refractivity contribution in [3.63, 3.8) is 0 Å². The average molecular weight is 387 g/mol. The lowest BCUT2D eigenvalue weighted by molar-refractivity contribution is -0.384. The van der Waals surface area contributed by atoms with E-state index in [4.69, 9.17) is 4.74 Å². The zero-order valence-corrected chi connectivity index (χ0v) is 15.6. The fourth-order valence-corrected chi connectivity index (χ4v) is 2.58. The van der Waals surface area contributed by atoms with Gasteiger partial charge in [0.25, 0.3) is 5.69 Å². The fraction of sp³-hybridized carbons (Fsp3) is 0.0435. The molecule has 6 heteroatoms. The van der Waals surface area contributed by atoms with Crippen LogP contribution in [0.3, 0.4) is 0 Å². The van der Waals surface area contributed by atoms with E-state index in [0.717, 1.165) is 11.6 Å². The Kier molecular flexibility index (Phi) is 5.94. The van der Waals surface area contributed by atoms with Gasteiger partial charge in [-0.1, -0.05) is 54.1 Å². The number of non-ortho nitro benzene ring substituents is 1. The molecule has 0 N–H and O–H groups in total. The molecule has 0 atom stereocenters. The summed E-state index contributed by atoms with van der Waals surface area (Å²) in [5.74, 6) is -0.569. The third kappa shape index (κ3) is 5.23. The van der Waals surface area contributed by atoms with Crippen molar-refractivity contribution in [1.29, 1.82) is 0 Å². The predicted octanol–water partition coefficient (Wildman–Crippen LogP) is 5.02. The predicted molar refractivity (Wildman–Crippen MR) is 109 cm³/mol. The number of benzene rings is 3. The highest BCUT2D eigenvalue weighted by Gasteiger charge is 2.13. The molecule has 0 saturated carbocycles. The molecule has 29 heavy (non-hydrogen) atoms. The number of allylic oxidation sites excluding steroid dienone is 1. The Morgan fingerprint density at radius 3 is 2.38 bits per heavy atom. The highest BCUT2D eigenvalue weighted by molar-refractivity contribution is 6.06. The lowest BCUT2D eigenvalue weighted by Crippen LogP contribution is -2.08. The molecule has 0 aliphatic rings. The second kappa shape index (κ2) is 8.75. The second-order valence-electron chi connectivity index (χ2n) is 6.33. The van der Waals surface area contributed by atoms with E-state index in [9.17, 15) is 19.7 Å². The summed E-state index contributed by atoms with van der Waals surface area (Å²) in [6, 6.07) is 19.2. The van der Waals surface area contributed by atoms with Crippen LogP contribution in [0.2, 0.25) is 0 Å². The van der Waals surface area contributed by atoms with Crippen LogP contribution in [-0.4, -0.2) is 16.7 Å². The van der Waals surface area contributed by atoms with Crippen LogP contribution in [0, 0.1) is 17.0 Å². The van der Waals surface area contributed by atoms with E-state index in [1.165, 1.54) is 24.3 Å². The van der Waals surface area contributed by atoms with Gasteiger partial charge < -0.3 is 4.74 Å². The topological polar surface area (TPSA) is 86.5 Å². The van der Waals surface area contributed by atoms with Crippen molar-refractivity contribution in [1.82, 2.24) is 0 Å². The summed E-state index contributed by atoms with van der Waals surface area (Å²) in [7, 11) is 0. The third-order valence-corrected chi connectivity index (χ3v) is 4.12. The third-order valence-electron chi connectivity index (χ3n) is 4.12. The Balaban J connectivity index is 1.71. The molecule has 0 aliphatic heterocycles. The van der Waals surface area contributed by atoms with Crippen molar-refractivity contribution in [3.8, 4) is 5.75 Å². The quantitative estimate of drug-likeness (QED) is 0.148. The zero-order valence-electron chi connectivity index (χ0n) is 15.6. The van der Waals surface area contributed by atoms with Crippen LogP contribution in [0.25, 0.3) is 6.08 Å². The van der Waals surface area contributed by atoms with Crippen LogP contribution in [-0.2, 0) is 0 Å². The van der Waals surface area contributed by atoms with Crippen molar-refractivity contribution in [3.05, 3.63) is 111 Å². The van der Waals surface area contributed by atoms with Crippen LogP contribution in [0.5, 0.6) is 5.75 Å². The highest BCUT2D eigenvalue weighted by atomic mass is 16.6. The molecular formula is C23H17NO5. The van der Waals surface area contributed by atoms with E-state index >= 15 is 0 Å². The maximum atomic E-state index is 12.3. The average Bonchev–Trinajstić information content (AvgIpc) is 2.73. The first-order chi connectivity index (χ1) is 13.9. The molecule has 3 aromatic carbocycles. The molecule has 0 fully saturated rings. The maximum absolute atomic E-state index is 12.3. The van der Waals surface area contributed by atoms with Crippen LogP contribution < -0.4 is 4.74 Å². The molecule has 0 bridgehead atoms. The molecule has 0 radical (unpaired) electrons. The Hall–Kier alpha value is -4.06. The molecule has 0 amide bonds. The minimum atomic E-state index is -0.703. The van der Waals surface area contributed by atoms with Gasteiger partial charge in [-0.25, -0.2) is 4.79 Å². The van der Waals surface area contributed by atoms with Gasteiger partial charge in [0.15, 0.2) is 5.78 Å². The first-order valence-corrected chi connectivity index (χ1v) is 8.78. The van der Waals surface area contributed by atoms with Gasteiger partial charge in [-0.3, -0.25) is 14.9 Å². The Morgan fingerprint density at radius 1 is 0.931 bits per heavy atom. The summed E-state index contributed by atoms with van der Waals surface area (Å²) in [5.41, 5.74) is 2.22. The molecule has 0 aromatic heterocycles. The standard InChI is InChI=1S/C23H17NO5/c1-16-8-11-18(12-9-16)22(25)13-10-17-4-2-7-21(14-17)29-23(26)19-5-3-6-20(15-19)24(27)28/h2-15H,1H3. The van der Waals surface area contributed by atoms with Crippen LogP contribution in [0.4, 0.5) is 5.69 Å². The van der Waals surface area contributed by atoms with E-state index in [1.807, 2.05) is 19.1 Å². The number of hydrogen-bond acceptors (Lipinski definition) is 5. The lowest BCUT2D eigenvalue weighted by atomic mass is 10.1. The summed E-state index contributed by atoms with van der Waals surface area (Å²) in [6.45, 7) is 1.95. The van der Waals surface area contributed by atoms with Gasteiger partial charge in [0.1, 0.15) is 5.75 Å². The van der Waals surface area contributed by atoms with Crippen LogP contribution in [0.15, 0.2) is 78.9 Å². The number of carbonyl (C=O) groups is 2. The second-order valence-corrected chi connectivity index (χ2v) is 6.33. The molecule has 6 nitrogen and oxygen atoms in total. The first-order valence-electron chi connectivity index (χ1n) is 8.78. The molecule has 0 aliphatic carbocycles. The number of nitrogens with zero attached hydrogens (tertiary/aromatic N) is 1. The first kappa shape index (κ1) is 19.7. The zero-order chi connectivity index (χ0) is 20.8. The number of hydrogen-bond donors (Lipinski definition) is 0. The SMILES string of the molecule is Cc1ccc(C(=O)C=Cc2cccc(OC(=O)c3cccc([N+](=O)[O-])c3)c2)cc1. The van der Waals surface area contributed by atoms with E-state index in [0.29, 0.717) is 11.1 Å². The number of esters is 1. The Bertz CT molecular complexity index is 1100. The molecule has 0 spiro atoms. The number of ketones is 1. The van der Waals surface area contributed by atoms with Crippen molar-refractivity contribution in [2.75, 3.05) is 0 Å². The van der Waals surface area contributed by atoms with Gasteiger partial charge >= 0.3 is 5.97 Å². The van der Waals surface area contributed by atoms with Gasteiger partial charge in [0, 0.05) is 17.7 Å². The van der Waals surface area contributed by atoms with Crippen LogP contribution in [0.1, 0.15) is 31.8 Å². The monoisotopic (exact) mass is 387 g/mol. The van der Waals surface area contributed by atoms with Crippen molar-refractivity contribution in [2.24, 2.45) is 0 Å². The number of nitro benzene ring substituents is 1. The summed E-state index contributed by atoms with van der Waals surface area (Å²) in [4.78, 5) is 34.8. The number of rotatable bonds is 6. The molecule has 0 saturated heterocycles. The number of aryl methyl sites for hydroxylation is 1. The normalized spacial score (nSPS) is 10.7. The van der Waals surface area contributed by atoms with Crippen molar-refractivity contribution in [2.45, 2.75) is 6.92 Å². The van der Waals surface area contributed by atoms with Gasteiger partial charge in [-0.2, -0.15) is 0 Å². The molecule has 3 aromatic rings. The molecule has 0 heterocycles. The number of carbonyl (C=O) groups excluding carboxylic acids is 2. The van der Waals surface area contributed by atoms with E-state index in [-0.39, 0.29) is 22.8 Å². The summed E-state index contributed by atoms with van der Waals surface area (Å²) in [5, 5.41) is 10.8. The Labute approximate surface area is 167 Å². The Morgan fingerprint density at radius 2 is 1.66 bits per heavy atom. The summed E-state index contributed by atoms with van der Waals surface area (Å²) >= 11 is 0. The largest absolute Gasteiger partial charge is 0.423 e. The van der Waals surface area contributed by atoms with Crippen LogP contribution >= 0.6 is 0 Å². The summed E-state index contributed by atoms with van der Waals surface area (Å²) < 4.78 is 5.30. The molecular weight excluding hydrogens is 370 g/mol. The minimum absolute atomic E-state index is 0.0784. The highest BCUT2D eigenvalue weighted by Crippen LogP contribution is 2.19. The van der Waals surface area contributed by atoms with Gasteiger partial charge in [-0.15, -0.1) is 0 Å². The van der Waals surface area contributed by atoms with Crippen molar-refractivity contribution < 1.29 is 19.2 Å².